The van der Waals surface area contributed by atoms with E-state index in [2.05, 4.69) is 0 Å². The van der Waals surface area contributed by atoms with Gasteiger partial charge >= 0.3 is 0 Å². The SMILES string of the molecule is O=C(CC1C(=O)N(c2ccccc2)C(=S)N(c2ccccc2)C1=O)c1ccccc1. The molecule has 5 nitrogen and oxygen atoms in total. The van der Waals surface area contributed by atoms with E-state index in [4.69, 9.17) is 12.2 Å². The van der Waals surface area contributed by atoms with Crippen LogP contribution in [0.1, 0.15) is 16.8 Å². The third-order valence-electron chi connectivity index (χ3n) is 4.93. The molecule has 3 aromatic carbocycles. The van der Waals surface area contributed by atoms with Crippen LogP contribution in [0.15, 0.2) is 91.0 Å². The number of thiocarbonyl (C=S) groups is 1. The second-order valence-electron chi connectivity index (χ2n) is 6.85. The van der Waals surface area contributed by atoms with Gasteiger partial charge < -0.3 is 0 Å². The third kappa shape index (κ3) is 3.65. The summed E-state index contributed by atoms with van der Waals surface area (Å²) in [7, 11) is 0. The maximum atomic E-state index is 13.3. The summed E-state index contributed by atoms with van der Waals surface area (Å²) in [6.45, 7) is 0. The van der Waals surface area contributed by atoms with Gasteiger partial charge in [0.15, 0.2) is 10.9 Å². The summed E-state index contributed by atoms with van der Waals surface area (Å²) in [6, 6.07) is 26.5. The van der Waals surface area contributed by atoms with Crippen LogP contribution in [0, 0.1) is 5.92 Å². The fourth-order valence-electron chi connectivity index (χ4n) is 3.44. The van der Waals surface area contributed by atoms with E-state index in [1.807, 2.05) is 12.1 Å². The lowest BCUT2D eigenvalue weighted by atomic mass is 9.93. The average molecular weight is 414 g/mol. The number of rotatable bonds is 5. The van der Waals surface area contributed by atoms with Gasteiger partial charge in [0.05, 0.1) is 11.4 Å². The largest absolute Gasteiger partial charge is 0.294 e. The second-order valence-corrected chi connectivity index (χ2v) is 7.21. The fourth-order valence-corrected chi connectivity index (χ4v) is 3.83. The summed E-state index contributed by atoms with van der Waals surface area (Å²) in [5.41, 5.74) is 1.57. The monoisotopic (exact) mass is 414 g/mol. The number of para-hydroxylation sites is 2. The molecule has 0 N–H and O–H groups in total. The maximum Gasteiger partial charge on any atom is 0.246 e. The van der Waals surface area contributed by atoms with E-state index in [1.54, 1.807) is 78.9 Å². The normalized spacial score (nSPS) is 14.9. The first kappa shape index (κ1) is 19.7. The number of Topliss-reactive ketones (excluding diaryl/α,β-unsaturated/α-hetero) is 1. The van der Waals surface area contributed by atoms with Gasteiger partial charge in [-0.1, -0.05) is 66.7 Å². The van der Waals surface area contributed by atoms with Crippen LogP contribution < -0.4 is 9.80 Å². The van der Waals surface area contributed by atoms with Crippen molar-refractivity contribution in [3.63, 3.8) is 0 Å². The second kappa shape index (κ2) is 8.39. The molecule has 0 spiro atoms. The van der Waals surface area contributed by atoms with Crippen LogP contribution in [0.2, 0.25) is 0 Å². The number of ketones is 1. The number of carbonyl (C=O) groups is 3. The average Bonchev–Trinajstić information content (AvgIpc) is 2.79. The predicted octanol–water partition coefficient (Wildman–Crippen LogP) is 4.24. The molecule has 0 atom stereocenters. The van der Waals surface area contributed by atoms with Crippen molar-refractivity contribution in [3.8, 4) is 0 Å². The van der Waals surface area contributed by atoms with Gasteiger partial charge in [-0.15, -0.1) is 0 Å². The Labute approximate surface area is 179 Å². The minimum Gasteiger partial charge on any atom is -0.294 e. The first-order valence-corrected chi connectivity index (χ1v) is 9.89. The lowest BCUT2D eigenvalue weighted by Crippen LogP contribution is -2.60. The van der Waals surface area contributed by atoms with Gasteiger partial charge in [-0.3, -0.25) is 24.2 Å². The van der Waals surface area contributed by atoms with Gasteiger partial charge in [0.1, 0.15) is 5.92 Å². The Hall–Kier alpha value is -3.64. The molecular weight excluding hydrogens is 396 g/mol. The number of amides is 2. The molecule has 1 heterocycles. The molecule has 0 saturated carbocycles. The van der Waals surface area contributed by atoms with Gasteiger partial charge in [-0.05, 0) is 36.5 Å². The van der Waals surface area contributed by atoms with E-state index in [-0.39, 0.29) is 17.3 Å². The summed E-state index contributed by atoms with van der Waals surface area (Å²) in [6.07, 6.45) is -0.225. The van der Waals surface area contributed by atoms with Crippen LogP contribution in [0.4, 0.5) is 11.4 Å². The molecule has 4 rings (SSSR count). The zero-order chi connectivity index (χ0) is 21.1. The highest BCUT2D eigenvalue weighted by Gasteiger charge is 2.45. The summed E-state index contributed by atoms with van der Waals surface area (Å²) in [5.74, 6) is -2.42. The Morgan fingerprint density at radius 1 is 0.700 bits per heavy atom. The number of hydrogen-bond acceptors (Lipinski definition) is 4. The molecule has 1 saturated heterocycles. The molecule has 1 aliphatic rings. The number of hydrogen-bond donors (Lipinski definition) is 0. The molecule has 1 fully saturated rings. The predicted molar refractivity (Wildman–Crippen MR) is 119 cm³/mol. The molecule has 0 unspecified atom stereocenters. The van der Waals surface area contributed by atoms with Crippen molar-refractivity contribution in [2.75, 3.05) is 9.80 Å². The Bertz CT molecular complexity index is 1040. The van der Waals surface area contributed by atoms with Crippen LogP contribution in [0.25, 0.3) is 0 Å². The summed E-state index contributed by atoms with van der Waals surface area (Å²) in [4.78, 5) is 42.1. The van der Waals surface area contributed by atoms with Crippen molar-refractivity contribution in [2.45, 2.75) is 6.42 Å². The highest BCUT2D eigenvalue weighted by atomic mass is 32.1. The molecule has 0 aromatic heterocycles. The molecule has 1 aliphatic heterocycles. The molecule has 0 radical (unpaired) electrons. The minimum absolute atomic E-state index is 0.0748. The quantitative estimate of drug-likeness (QED) is 0.356. The lowest BCUT2D eigenvalue weighted by Gasteiger charge is -2.39. The summed E-state index contributed by atoms with van der Waals surface area (Å²) in [5, 5.41) is 0.0748. The number of benzene rings is 3. The van der Waals surface area contributed by atoms with Crippen LogP contribution in [-0.4, -0.2) is 22.7 Å². The Kier molecular flexibility index (Phi) is 5.50. The zero-order valence-electron chi connectivity index (χ0n) is 16.0. The van der Waals surface area contributed by atoms with Crippen molar-refractivity contribution in [1.82, 2.24) is 0 Å². The van der Waals surface area contributed by atoms with Crippen molar-refractivity contribution in [3.05, 3.63) is 96.6 Å². The van der Waals surface area contributed by atoms with E-state index < -0.39 is 17.7 Å². The highest BCUT2D eigenvalue weighted by Crippen LogP contribution is 2.30. The zero-order valence-corrected chi connectivity index (χ0v) is 16.8. The number of nitrogens with zero attached hydrogens (tertiary/aromatic N) is 2. The van der Waals surface area contributed by atoms with E-state index in [9.17, 15) is 14.4 Å². The molecule has 6 heteroatoms. The van der Waals surface area contributed by atoms with Gasteiger partial charge in [-0.2, -0.15) is 0 Å². The van der Waals surface area contributed by atoms with E-state index in [0.29, 0.717) is 16.9 Å². The van der Waals surface area contributed by atoms with Crippen molar-refractivity contribution < 1.29 is 14.4 Å². The molecule has 0 aliphatic carbocycles. The molecule has 30 heavy (non-hydrogen) atoms. The molecule has 0 bridgehead atoms. The van der Waals surface area contributed by atoms with Gasteiger partial charge in [-0.25, -0.2) is 0 Å². The smallest absolute Gasteiger partial charge is 0.246 e. The van der Waals surface area contributed by atoms with E-state index in [1.165, 1.54) is 9.80 Å². The summed E-state index contributed by atoms with van der Waals surface area (Å²) >= 11 is 5.55. The molecule has 148 valence electrons. The van der Waals surface area contributed by atoms with Crippen molar-refractivity contribution in [1.29, 1.82) is 0 Å². The fraction of sp³-hybridized carbons (Fsp3) is 0.0833. The minimum atomic E-state index is -1.16. The van der Waals surface area contributed by atoms with Crippen LogP contribution in [0.5, 0.6) is 0 Å². The first-order chi connectivity index (χ1) is 14.6. The molecule has 2 amide bonds. The maximum absolute atomic E-state index is 13.3. The number of anilines is 2. The Balaban J connectivity index is 1.75. The standard InChI is InChI=1S/C24H18N2O3S/c27-21(17-10-4-1-5-11-17)16-20-22(28)25(18-12-6-2-7-13-18)24(30)26(23(20)29)19-14-8-3-9-15-19/h1-15,20H,16H2. The van der Waals surface area contributed by atoms with E-state index in [0.717, 1.165) is 0 Å². The van der Waals surface area contributed by atoms with Crippen LogP contribution in [0.3, 0.4) is 0 Å². The van der Waals surface area contributed by atoms with Gasteiger partial charge in [0.2, 0.25) is 11.8 Å². The first-order valence-electron chi connectivity index (χ1n) is 9.48. The van der Waals surface area contributed by atoms with Gasteiger partial charge in [0, 0.05) is 12.0 Å². The molecule has 3 aromatic rings. The summed E-state index contributed by atoms with van der Waals surface area (Å²) < 4.78 is 0. The lowest BCUT2D eigenvalue weighted by molar-refractivity contribution is -0.132. The Morgan fingerprint density at radius 2 is 1.10 bits per heavy atom. The van der Waals surface area contributed by atoms with Crippen LogP contribution in [-0.2, 0) is 9.59 Å². The molecular formula is C24H18N2O3S. The van der Waals surface area contributed by atoms with Crippen LogP contribution >= 0.6 is 12.2 Å². The third-order valence-corrected chi connectivity index (χ3v) is 5.30. The highest BCUT2D eigenvalue weighted by molar-refractivity contribution is 7.81. The van der Waals surface area contributed by atoms with E-state index >= 15 is 0 Å². The van der Waals surface area contributed by atoms with Crippen molar-refractivity contribution >= 4 is 46.3 Å². The number of carbonyl (C=O) groups excluding carboxylic acids is 3. The van der Waals surface area contributed by atoms with Gasteiger partial charge in [0.25, 0.3) is 0 Å². The topological polar surface area (TPSA) is 57.7 Å². The Morgan fingerprint density at radius 3 is 1.53 bits per heavy atom. The van der Waals surface area contributed by atoms with Crippen molar-refractivity contribution in [2.24, 2.45) is 5.92 Å².